The fourth-order valence-corrected chi connectivity index (χ4v) is 3.47. The molecule has 0 fully saturated rings. The lowest BCUT2D eigenvalue weighted by Gasteiger charge is -2.25. The van der Waals surface area contributed by atoms with Crippen LogP contribution in [0, 0.1) is 0 Å². The number of hydrogen-bond acceptors (Lipinski definition) is 4. The quantitative estimate of drug-likeness (QED) is 0.472. The van der Waals surface area contributed by atoms with Gasteiger partial charge in [-0.1, -0.05) is 12.1 Å². The van der Waals surface area contributed by atoms with Crippen LogP contribution in [-0.4, -0.2) is 33.4 Å². The van der Waals surface area contributed by atoms with E-state index < -0.39 is 6.30 Å². The molecule has 3 aromatic rings. The van der Waals surface area contributed by atoms with Crippen LogP contribution >= 0.6 is 16.1 Å². The van der Waals surface area contributed by atoms with Gasteiger partial charge in [-0.3, -0.25) is 0 Å². The zero-order valence-corrected chi connectivity index (χ0v) is 16.9. The standard InChI is InChI=1S/C20H16BrF3N4O/c1-26-12-10-16(11-13-26)29-15-8-6-14(7-9-15)27(20(22,23)24)19-25-17-4-2-3-5-18(17)28(19)21/h2-12H,13H2,1H3. The van der Waals surface area contributed by atoms with Crippen LogP contribution < -0.4 is 9.64 Å². The molecule has 5 nitrogen and oxygen atoms in total. The first-order valence-electron chi connectivity index (χ1n) is 8.70. The van der Waals surface area contributed by atoms with E-state index in [9.17, 15) is 13.2 Å². The number of ether oxygens (including phenoxy) is 1. The summed E-state index contributed by atoms with van der Waals surface area (Å²) >= 11 is 3.20. The molecule has 2 heterocycles. The number of hydrogen-bond donors (Lipinski definition) is 0. The van der Waals surface area contributed by atoms with Gasteiger partial charge in [0.15, 0.2) is 0 Å². The van der Waals surface area contributed by atoms with E-state index in [-0.39, 0.29) is 16.5 Å². The fourth-order valence-electron chi connectivity index (χ4n) is 2.94. The van der Waals surface area contributed by atoms with E-state index in [1.807, 2.05) is 24.2 Å². The summed E-state index contributed by atoms with van der Waals surface area (Å²) in [5.41, 5.74) is 0.918. The van der Waals surface area contributed by atoms with Crippen molar-refractivity contribution in [2.24, 2.45) is 0 Å². The average Bonchev–Trinajstić information content (AvgIpc) is 3.01. The van der Waals surface area contributed by atoms with E-state index in [1.54, 1.807) is 30.3 Å². The second kappa shape index (κ2) is 7.47. The third-order valence-corrected chi connectivity index (χ3v) is 5.05. The van der Waals surface area contributed by atoms with Crippen LogP contribution in [-0.2, 0) is 0 Å². The molecule has 0 aliphatic carbocycles. The normalized spacial score (nSPS) is 14.2. The van der Waals surface area contributed by atoms with Crippen LogP contribution in [0.4, 0.5) is 24.8 Å². The van der Waals surface area contributed by atoms with Crippen LogP contribution in [0.2, 0.25) is 0 Å². The number of imidazole rings is 1. The highest BCUT2D eigenvalue weighted by Gasteiger charge is 2.41. The van der Waals surface area contributed by atoms with Gasteiger partial charge in [-0.05, 0) is 48.6 Å². The second-order valence-corrected chi connectivity index (χ2v) is 7.15. The highest BCUT2D eigenvalue weighted by atomic mass is 79.9. The molecular weight excluding hydrogens is 449 g/mol. The molecule has 0 bridgehead atoms. The van der Waals surface area contributed by atoms with Gasteiger partial charge in [0.05, 0.1) is 32.9 Å². The van der Waals surface area contributed by atoms with Crippen LogP contribution in [0.15, 0.2) is 72.6 Å². The largest absolute Gasteiger partial charge is 0.491 e. The van der Waals surface area contributed by atoms with Crippen molar-refractivity contribution in [2.45, 2.75) is 6.30 Å². The summed E-state index contributed by atoms with van der Waals surface area (Å²) < 4.78 is 48.7. The van der Waals surface area contributed by atoms with Crippen LogP contribution in [0.3, 0.4) is 0 Å². The Morgan fingerprint density at radius 1 is 1.10 bits per heavy atom. The molecule has 0 saturated carbocycles. The van der Waals surface area contributed by atoms with E-state index in [0.717, 1.165) is 0 Å². The minimum atomic E-state index is -4.67. The van der Waals surface area contributed by atoms with Crippen molar-refractivity contribution in [1.29, 1.82) is 0 Å². The number of benzene rings is 2. The van der Waals surface area contributed by atoms with Gasteiger partial charge in [0.25, 0.3) is 0 Å². The molecule has 0 N–H and O–H groups in total. The van der Waals surface area contributed by atoms with Crippen LogP contribution in [0.1, 0.15) is 0 Å². The van der Waals surface area contributed by atoms with Gasteiger partial charge in [-0.25, -0.2) is 13.5 Å². The number of rotatable bonds is 4. The Bertz CT molecular complexity index is 1090. The summed E-state index contributed by atoms with van der Waals surface area (Å²) in [5.74, 6) is 0.808. The summed E-state index contributed by atoms with van der Waals surface area (Å²) in [7, 11) is 1.93. The van der Waals surface area contributed by atoms with Crippen molar-refractivity contribution in [2.75, 3.05) is 18.5 Å². The monoisotopic (exact) mass is 464 g/mol. The number of anilines is 2. The first kappa shape index (κ1) is 19.4. The molecule has 0 spiro atoms. The predicted molar refractivity (Wildman–Crippen MR) is 109 cm³/mol. The second-order valence-electron chi connectivity index (χ2n) is 6.44. The molecule has 0 radical (unpaired) electrons. The number of fused-ring (bicyclic) bond motifs is 1. The van der Waals surface area contributed by atoms with E-state index in [2.05, 4.69) is 21.1 Å². The SMILES string of the molecule is CN1C=CC(Oc2ccc(N(c3nc4ccccc4n3Br)C(F)(F)F)cc2)=CC1. The Morgan fingerprint density at radius 2 is 1.83 bits per heavy atom. The molecule has 4 rings (SSSR count). The van der Waals surface area contributed by atoms with Crippen LogP contribution in [0.25, 0.3) is 11.0 Å². The average molecular weight is 465 g/mol. The molecule has 0 atom stereocenters. The smallest absolute Gasteiger partial charge is 0.458 e. The molecule has 0 amide bonds. The molecule has 150 valence electrons. The summed E-state index contributed by atoms with van der Waals surface area (Å²) in [4.78, 5) is 6.34. The lowest BCUT2D eigenvalue weighted by Crippen LogP contribution is -2.35. The first-order chi connectivity index (χ1) is 13.8. The minimum Gasteiger partial charge on any atom is -0.458 e. The van der Waals surface area contributed by atoms with Crippen molar-refractivity contribution >= 4 is 38.8 Å². The van der Waals surface area contributed by atoms with Crippen molar-refractivity contribution in [3.8, 4) is 5.75 Å². The molecule has 29 heavy (non-hydrogen) atoms. The Balaban J connectivity index is 1.66. The summed E-state index contributed by atoms with van der Waals surface area (Å²) in [6.45, 7) is 0.702. The van der Waals surface area contributed by atoms with Gasteiger partial charge < -0.3 is 9.64 Å². The van der Waals surface area contributed by atoms with Gasteiger partial charge in [0.1, 0.15) is 11.5 Å². The lowest BCUT2D eigenvalue weighted by molar-refractivity contribution is -0.121. The van der Waals surface area contributed by atoms with Crippen molar-refractivity contribution in [1.82, 2.24) is 13.5 Å². The molecule has 1 aromatic heterocycles. The number of para-hydroxylation sites is 2. The van der Waals surface area contributed by atoms with Crippen molar-refractivity contribution in [3.63, 3.8) is 0 Å². The maximum absolute atomic E-state index is 13.9. The molecule has 9 heteroatoms. The van der Waals surface area contributed by atoms with Crippen molar-refractivity contribution in [3.05, 3.63) is 72.6 Å². The van der Waals surface area contributed by atoms with E-state index in [1.165, 1.54) is 27.9 Å². The molecule has 1 aliphatic heterocycles. The lowest BCUT2D eigenvalue weighted by atomic mass is 10.2. The van der Waals surface area contributed by atoms with E-state index >= 15 is 0 Å². The molecular formula is C20H16BrF3N4O. The number of aromatic nitrogens is 2. The Labute approximate surface area is 173 Å². The number of halogens is 4. The maximum Gasteiger partial charge on any atom is 0.491 e. The number of allylic oxidation sites excluding steroid dienone is 1. The topological polar surface area (TPSA) is 33.5 Å². The highest BCUT2D eigenvalue weighted by Crippen LogP contribution is 2.39. The van der Waals surface area contributed by atoms with Gasteiger partial charge in [0.2, 0.25) is 5.95 Å². The van der Waals surface area contributed by atoms with Gasteiger partial charge in [-0.15, -0.1) is 13.2 Å². The molecule has 1 aliphatic rings. The number of likely N-dealkylation sites (N-methyl/N-ethyl adjacent to an activating group) is 1. The van der Waals surface area contributed by atoms with Gasteiger partial charge >= 0.3 is 6.30 Å². The van der Waals surface area contributed by atoms with E-state index in [0.29, 0.717) is 29.1 Å². The molecule has 2 aromatic carbocycles. The molecule has 0 saturated heterocycles. The Morgan fingerprint density at radius 3 is 2.45 bits per heavy atom. The first-order valence-corrected chi connectivity index (χ1v) is 9.41. The van der Waals surface area contributed by atoms with Crippen LogP contribution in [0.5, 0.6) is 5.75 Å². The van der Waals surface area contributed by atoms with Gasteiger partial charge in [0, 0.05) is 19.8 Å². The van der Waals surface area contributed by atoms with E-state index in [4.69, 9.17) is 4.74 Å². The summed E-state index contributed by atoms with van der Waals surface area (Å²) in [5, 5.41) is 0. The fraction of sp³-hybridized carbons (Fsp3) is 0.150. The zero-order chi connectivity index (χ0) is 20.6. The van der Waals surface area contributed by atoms with Crippen molar-refractivity contribution < 1.29 is 17.9 Å². The summed E-state index contributed by atoms with van der Waals surface area (Å²) in [6.07, 6.45) is 0.889. The zero-order valence-electron chi connectivity index (χ0n) is 15.3. The highest BCUT2D eigenvalue weighted by molar-refractivity contribution is 9.08. The minimum absolute atomic E-state index is 0.0752. The third kappa shape index (κ3) is 3.95. The third-order valence-electron chi connectivity index (χ3n) is 4.35. The predicted octanol–water partition coefficient (Wildman–Crippen LogP) is 5.57. The summed E-state index contributed by atoms with van der Waals surface area (Å²) in [6, 6.07) is 12.5. The Hall–Kier alpha value is -2.94. The Kier molecular flexibility index (Phi) is 4.99. The maximum atomic E-state index is 13.9. The number of nitrogens with zero attached hydrogens (tertiary/aromatic N) is 4. The molecule has 0 unspecified atom stereocenters. The number of alkyl halides is 3. The van der Waals surface area contributed by atoms with Gasteiger partial charge in [-0.2, -0.15) is 0 Å².